The first kappa shape index (κ1) is 7.70. The van der Waals surface area contributed by atoms with Crippen LogP contribution in [0.1, 0.15) is 19.3 Å². The lowest BCUT2D eigenvalue weighted by Crippen LogP contribution is -2.79. The van der Waals surface area contributed by atoms with E-state index in [4.69, 9.17) is 0 Å². The van der Waals surface area contributed by atoms with Crippen LogP contribution >= 0.6 is 0 Å². The van der Waals surface area contributed by atoms with E-state index in [0.29, 0.717) is 0 Å². The average Bonchev–Trinajstić information content (AvgIpc) is 1.81. The highest BCUT2D eigenvalue weighted by molar-refractivity contribution is 4.64. The van der Waals surface area contributed by atoms with Crippen LogP contribution in [0, 0.1) is 0 Å². The van der Waals surface area contributed by atoms with E-state index in [0.717, 1.165) is 0 Å². The van der Waals surface area contributed by atoms with Crippen molar-refractivity contribution in [3.05, 3.63) is 12.7 Å². The maximum atomic E-state index is 3.65. The monoisotopic (exact) mass is 114 g/mol. The summed E-state index contributed by atoms with van der Waals surface area (Å²) in [6.07, 6.45) is 5.78. The van der Waals surface area contributed by atoms with Gasteiger partial charge in [0.25, 0.3) is 0 Å². The number of rotatable bonds is 5. The number of allylic oxidation sites excluding steroid dienone is 1. The predicted molar refractivity (Wildman–Crippen MR) is 36.8 cm³/mol. The van der Waals surface area contributed by atoms with Gasteiger partial charge in [-0.15, -0.1) is 6.58 Å². The molecule has 0 fully saturated rings. The van der Waals surface area contributed by atoms with E-state index in [9.17, 15) is 0 Å². The van der Waals surface area contributed by atoms with Crippen LogP contribution in [0.5, 0.6) is 0 Å². The number of unbranched alkanes of at least 4 members (excludes halogenated alkanes) is 2. The van der Waals surface area contributed by atoms with E-state index in [1.807, 2.05) is 6.08 Å². The second-order valence-electron chi connectivity index (χ2n) is 1.98. The first-order valence-corrected chi connectivity index (χ1v) is 3.30. The first-order valence-electron chi connectivity index (χ1n) is 3.30. The van der Waals surface area contributed by atoms with Gasteiger partial charge in [-0.05, 0) is 19.3 Å². The molecule has 0 saturated carbocycles. The minimum absolute atomic E-state index is 1.17. The molecule has 0 spiro atoms. The van der Waals surface area contributed by atoms with Gasteiger partial charge in [-0.25, -0.2) is 0 Å². The summed E-state index contributed by atoms with van der Waals surface area (Å²) in [5, 5.41) is 2.21. The van der Waals surface area contributed by atoms with Crippen molar-refractivity contribution in [2.45, 2.75) is 19.3 Å². The highest BCUT2D eigenvalue weighted by Crippen LogP contribution is 1.91. The third-order valence-corrected chi connectivity index (χ3v) is 1.15. The highest BCUT2D eigenvalue weighted by Gasteiger charge is 1.83. The van der Waals surface area contributed by atoms with E-state index in [1.165, 1.54) is 25.8 Å². The third kappa shape index (κ3) is 5.70. The Morgan fingerprint density at radius 1 is 1.50 bits per heavy atom. The van der Waals surface area contributed by atoms with Crippen molar-refractivity contribution in [3.63, 3.8) is 0 Å². The first-order chi connectivity index (χ1) is 3.91. The number of hydrogen-bond donors (Lipinski definition) is 1. The molecule has 0 rings (SSSR count). The second kappa shape index (κ2) is 6.70. The minimum Gasteiger partial charge on any atom is -0.349 e. The Morgan fingerprint density at radius 3 is 2.75 bits per heavy atom. The Labute approximate surface area is 51.8 Å². The molecular formula is C7H16N+. The zero-order valence-corrected chi connectivity index (χ0v) is 5.69. The summed E-state index contributed by atoms with van der Waals surface area (Å²) in [7, 11) is 2.11. The van der Waals surface area contributed by atoms with Gasteiger partial charge in [0.1, 0.15) is 0 Å². The quantitative estimate of drug-likeness (QED) is 0.397. The Morgan fingerprint density at radius 2 is 2.25 bits per heavy atom. The smallest absolute Gasteiger partial charge is 0.0753 e. The molecule has 0 atom stereocenters. The minimum atomic E-state index is 1.17. The molecule has 0 aromatic carbocycles. The molecule has 0 unspecified atom stereocenters. The molecule has 0 aromatic rings. The van der Waals surface area contributed by atoms with Gasteiger partial charge in [-0.1, -0.05) is 6.08 Å². The fourth-order valence-electron chi connectivity index (χ4n) is 0.637. The highest BCUT2D eigenvalue weighted by atomic mass is 14.8. The Bertz CT molecular complexity index is 50.3. The maximum absolute atomic E-state index is 3.65. The van der Waals surface area contributed by atoms with Gasteiger partial charge in [0.05, 0.1) is 13.6 Å². The number of quaternary nitrogens is 1. The third-order valence-electron chi connectivity index (χ3n) is 1.15. The van der Waals surface area contributed by atoms with Crippen LogP contribution in [-0.2, 0) is 0 Å². The van der Waals surface area contributed by atoms with E-state index in [2.05, 4.69) is 18.9 Å². The molecule has 48 valence electrons. The van der Waals surface area contributed by atoms with Gasteiger partial charge < -0.3 is 5.32 Å². The second-order valence-corrected chi connectivity index (χ2v) is 1.98. The summed E-state index contributed by atoms with van der Waals surface area (Å²) < 4.78 is 0. The fraction of sp³-hybridized carbons (Fsp3) is 0.714. The molecule has 1 heteroatoms. The SMILES string of the molecule is C=CCCCC[NH2+]C. The zero-order valence-electron chi connectivity index (χ0n) is 5.69. The van der Waals surface area contributed by atoms with Crippen LogP contribution in [0.3, 0.4) is 0 Å². The van der Waals surface area contributed by atoms with Gasteiger partial charge in [0.15, 0.2) is 0 Å². The van der Waals surface area contributed by atoms with E-state index >= 15 is 0 Å². The van der Waals surface area contributed by atoms with Gasteiger partial charge in [0.2, 0.25) is 0 Å². The van der Waals surface area contributed by atoms with Crippen molar-refractivity contribution in [2.75, 3.05) is 13.6 Å². The van der Waals surface area contributed by atoms with Crippen LogP contribution in [0.2, 0.25) is 0 Å². The van der Waals surface area contributed by atoms with Crippen LogP contribution in [-0.4, -0.2) is 13.6 Å². The molecule has 0 aliphatic carbocycles. The lowest BCUT2D eigenvalue weighted by atomic mass is 10.2. The summed E-state index contributed by atoms with van der Waals surface area (Å²) in [6, 6.07) is 0. The van der Waals surface area contributed by atoms with Gasteiger partial charge in [-0.3, -0.25) is 0 Å². The van der Waals surface area contributed by atoms with Gasteiger partial charge in [-0.2, -0.15) is 0 Å². The Hall–Kier alpha value is -0.300. The molecule has 0 aliphatic rings. The van der Waals surface area contributed by atoms with Crippen molar-refractivity contribution in [3.8, 4) is 0 Å². The molecule has 0 aromatic heterocycles. The molecule has 2 N–H and O–H groups in total. The van der Waals surface area contributed by atoms with E-state index in [1.54, 1.807) is 0 Å². The largest absolute Gasteiger partial charge is 0.349 e. The average molecular weight is 114 g/mol. The van der Waals surface area contributed by atoms with Crippen LogP contribution in [0.4, 0.5) is 0 Å². The predicted octanol–water partition coefficient (Wildman–Crippen LogP) is 0.536. The maximum Gasteiger partial charge on any atom is 0.0753 e. The molecule has 8 heavy (non-hydrogen) atoms. The lowest BCUT2D eigenvalue weighted by Gasteiger charge is -1.91. The summed E-state index contributed by atoms with van der Waals surface area (Å²) >= 11 is 0. The van der Waals surface area contributed by atoms with Crippen molar-refractivity contribution in [1.29, 1.82) is 0 Å². The Kier molecular flexibility index (Phi) is 6.45. The van der Waals surface area contributed by atoms with Crippen LogP contribution in [0.15, 0.2) is 12.7 Å². The van der Waals surface area contributed by atoms with Crippen molar-refractivity contribution in [2.24, 2.45) is 0 Å². The molecule has 0 radical (unpaired) electrons. The summed E-state index contributed by atoms with van der Waals surface area (Å²) in [4.78, 5) is 0. The van der Waals surface area contributed by atoms with Crippen LogP contribution < -0.4 is 5.32 Å². The summed E-state index contributed by atoms with van der Waals surface area (Å²) in [5.41, 5.74) is 0. The molecule has 1 nitrogen and oxygen atoms in total. The van der Waals surface area contributed by atoms with E-state index in [-0.39, 0.29) is 0 Å². The molecule has 0 amide bonds. The zero-order chi connectivity index (χ0) is 6.24. The normalized spacial score (nSPS) is 9.12. The lowest BCUT2D eigenvalue weighted by molar-refractivity contribution is -0.627. The molecule has 0 saturated heterocycles. The summed E-state index contributed by atoms with van der Waals surface area (Å²) in [5.74, 6) is 0. The van der Waals surface area contributed by atoms with Gasteiger partial charge in [0, 0.05) is 0 Å². The van der Waals surface area contributed by atoms with Crippen molar-refractivity contribution in [1.82, 2.24) is 0 Å². The fourth-order valence-corrected chi connectivity index (χ4v) is 0.637. The summed E-state index contributed by atoms with van der Waals surface area (Å²) in [6.45, 7) is 4.91. The number of nitrogens with two attached hydrogens (primary N) is 1. The van der Waals surface area contributed by atoms with Crippen molar-refractivity contribution >= 4 is 0 Å². The standard InChI is InChI=1S/C7H15N/c1-3-4-5-6-7-8-2/h3,8H,1,4-7H2,2H3/p+1. The van der Waals surface area contributed by atoms with Crippen LogP contribution in [0.25, 0.3) is 0 Å². The molecule has 0 heterocycles. The van der Waals surface area contributed by atoms with E-state index < -0.39 is 0 Å². The molecule has 0 bridgehead atoms. The Balaban J connectivity index is 2.62. The van der Waals surface area contributed by atoms with Gasteiger partial charge >= 0.3 is 0 Å². The number of hydrogen-bond acceptors (Lipinski definition) is 0. The van der Waals surface area contributed by atoms with Crippen molar-refractivity contribution < 1.29 is 5.32 Å². The topological polar surface area (TPSA) is 16.6 Å². The molecule has 0 aliphatic heterocycles. The molecular weight excluding hydrogens is 98.1 g/mol.